The lowest BCUT2D eigenvalue weighted by atomic mass is 10.1. The Balaban J connectivity index is 1.37. The van der Waals surface area contributed by atoms with Crippen LogP contribution in [-0.2, 0) is 11.2 Å². The highest BCUT2D eigenvalue weighted by atomic mass is 35.5. The van der Waals surface area contributed by atoms with Gasteiger partial charge in [-0.3, -0.25) is 9.69 Å². The Bertz CT molecular complexity index is 921. The Morgan fingerprint density at radius 3 is 2.55 bits per heavy atom. The van der Waals surface area contributed by atoms with Gasteiger partial charge in [-0.05, 0) is 23.3 Å². The SMILES string of the molecule is N#CC(c1ccccc1)N1CCN(C(=O)Cc2cc(Cl)c3c(c2)OCCO3)CC1. The molecule has 2 aliphatic heterocycles. The largest absolute Gasteiger partial charge is 0.486 e. The summed E-state index contributed by atoms with van der Waals surface area (Å²) < 4.78 is 11.1. The summed E-state index contributed by atoms with van der Waals surface area (Å²) in [5.41, 5.74) is 1.80. The van der Waals surface area contributed by atoms with Crippen molar-refractivity contribution in [1.82, 2.24) is 9.80 Å². The molecule has 2 aliphatic rings. The van der Waals surface area contributed by atoms with E-state index in [0.717, 1.165) is 11.1 Å². The molecule has 1 amide bonds. The van der Waals surface area contributed by atoms with E-state index in [-0.39, 0.29) is 18.4 Å². The third-order valence-corrected chi connectivity index (χ3v) is 5.56. The average molecular weight is 412 g/mol. The lowest BCUT2D eigenvalue weighted by Gasteiger charge is -2.37. The maximum Gasteiger partial charge on any atom is 0.227 e. The molecule has 150 valence electrons. The molecule has 6 nitrogen and oxygen atoms in total. The first kappa shape index (κ1) is 19.6. The fourth-order valence-corrected chi connectivity index (χ4v) is 4.07. The molecular formula is C22H22ClN3O3. The van der Waals surface area contributed by atoms with E-state index >= 15 is 0 Å². The van der Waals surface area contributed by atoms with Gasteiger partial charge in [0.25, 0.3) is 0 Å². The van der Waals surface area contributed by atoms with Gasteiger partial charge >= 0.3 is 0 Å². The number of carbonyl (C=O) groups is 1. The summed E-state index contributed by atoms with van der Waals surface area (Å²) >= 11 is 6.28. The molecule has 1 atom stereocenters. The standard InChI is InChI=1S/C22H22ClN3O3/c23-18-12-16(13-20-22(18)29-11-10-28-20)14-21(27)26-8-6-25(7-9-26)19(15-24)17-4-2-1-3-5-17/h1-5,12-13,19H,6-11,14H2. The first-order valence-electron chi connectivity index (χ1n) is 9.70. The highest BCUT2D eigenvalue weighted by Gasteiger charge is 2.27. The van der Waals surface area contributed by atoms with Crippen LogP contribution in [0.4, 0.5) is 0 Å². The van der Waals surface area contributed by atoms with Crippen molar-refractivity contribution in [2.24, 2.45) is 0 Å². The van der Waals surface area contributed by atoms with Crippen LogP contribution in [0.25, 0.3) is 0 Å². The van der Waals surface area contributed by atoms with Gasteiger partial charge in [0.15, 0.2) is 11.5 Å². The molecule has 0 radical (unpaired) electrons. The van der Waals surface area contributed by atoms with Crippen LogP contribution in [0.2, 0.25) is 5.02 Å². The van der Waals surface area contributed by atoms with Crippen LogP contribution in [0.1, 0.15) is 17.2 Å². The van der Waals surface area contributed by atoms with Crippen molar-refractivity contribution in [3.05, 3.63) is 58.6 Å². The fourth-order valence-electron chi connectivity index (χ4n) is 3.78. The van der Waals surface area contributed by atoms with Gasteiger partial charge in [-0.2, -0.15) is 5.26 Å². The average Bonchev–Trinajstić information content (AvgIpc) is 2.75. The van der Waals surface area contributed by atoms with E-state index in [0.29, 0.717) is 55.9 Å². The quantitative estimate of drug-likeness (QED) is 0.773. The first-order valence-corrected chi connectivity index (χ1v) is 10.1. The number of piperazine rings is 1. The smallest absolute Gasteiger partial charge is 0.227 e. The van der Waals surface area contributed by atoms with Crippen molar-refractivity contribution in [3.63, 3.8) is 0 Å². The van der Waals surface area contributed by atoms with Crippen LogP contribution in [0.15, 0.2) is 42.5 Å². The molecular weight excluding hydrogens is 390 g/mol. The van der Waals surface area contributed by atoms with E-state index in [1.54, 1.807) is 6.07 Å². The summed E-state index contributed by atoms with van der Waals surface area (Å²) in [6.45, 7) is 3.48. The van der Waals surface area contributed by atoms with Crippen molar-refractivity contribution in [3.8, 4) is 17.6 Å². The Kier molecular flexibility index (Phi) is 5.89. The third-order valence-electron chi connectivity index (χ3n) is 5.28. The van der Waals surface area contributed by atoms with Gasteiger partial charge in [0, 0.05) is 26.2 Å². The minimum absolute atomic E-state index is 0.0469. The second-order valence-electron chi connectivity index (χ2n) is 7.14. The Morgan fingerprint density at radius 2 is 1.83 bits per heavy atom. The molecule has 2 heterocycles. The van der Waals surface area contributed by atoms with Crippen molar-refractivity contribution in [1.29, 1.82) is 5.26 Å². The van der Waals surface area contributed by atoms with Crippen LogP contribution < -0.4 is 9.47 Å². The molecule has 0 saturated carbocycles. The topological polar surface area (TPSA) is 65.8 Å². The number of amides is 1. The molecule has 0 aliphatic carbocycles. The zero-order chi connectivity index (χ0) is 20.2. The second-order valence-corrected chi connectivity index (χ2v) is 7.54. The number of ether oxygens (including phenoxy) is 2. The zero-order valence-corrected chi connectivity index (χ0v) is 16.8. The fraction of sp³-hybridized carbons (Fsp3) is 0.364. The molecule has 1 fully saturated rings. The molecule has 0 N–H and O–H groups in total. The monoisotopic (exact) mass is 411 g/mol. The van der Waals surface area contributed by atoms with Crippen molar-refractivity contribution in [2.75, 3.05) is 39.4 Å². The van der Waals surface area contributed by atoms with Gasteiger partial charge in [0.05, 0.1) is 17.5 Å². The summed E-state index contributed by atoms with van der Waals surface area (Å²) in [4.78, 5) is 16.8. The van der Waals surface area contributed by atoms with Gasteiger partial charge in [-0.1, -0.05) is 41.9 Å². The van der Waals surface area contributed by atoms with E-state index < -0.39 is 0 Å². The molecule has 1 unspecified atom stereocenters. The summed E-state index contributed by atoms with van der Waals surface area (Å²) in [5, 5.41) is 10.1. The van der Waals surface area contributed by atoms with E-state index in [4.69, 9.17) is 21.1 Å². The molecule has 0 aromatic heterocycles. The molecule has 4 rings (SSSR count). The van der Waals surface area contributed by atoms with Crippen LogP contribution in [0.5, 0.6) is 11.5 Å². The van der Waals surface area contributed by atoms with Gasteiger partial charge in [0.2, 0.25) is 5.91 Å². The molecule has 0 bridgehead atoms. The molecule has 1 saturated heterocycles. The van der Waals surface area contributed by atoms with E-state index in [1.165, 1.54) is 0 Å². The Morgan fingerprint density at radius 1 is 1.10 bits per heavy atom. The van der Waals surface area contributed by atoms with Crippen LogP contribution in [0, 0.1) is 11.3 Å². The minimum atomic E-state index is -0.287. The van der Waals surface area contributed by atoms with Gasteiger partial charge < -0.3 is 14.4 Å². The molecule has 29 heavy (non-hydrogen) atoms. The third kappa shape index (κ3) is 4.31. The maximum atomic E-state index is 12.8. The highest BCUT2D eigenvalue weighted by Crippen LogP contribution is 2.38. The second kappa shape index (κ2) is 8.73. The summed E-state index contributed by atoms with van der Waals surface area (Å²) in [7, 11) is 0. The molecule has 2 aromatic carbocycles. The summed E-state index contributed by atoms with van der Waals surface area (Å²) in [6.07, 6.45) is 0.261. The predicted molar refractivity (Wildman–Crippen MR) is 109 cm³/mol. The van der Waals surface area contributed by atoms with Crippen molar-refractivity contribution < 1.29 is 14.3 Å². The van der Waals surface area contributed by atoms with Crippen molar-refractivity contribution >= 4 is 17.5 Å². The summed E-state index contributed by atoms with van der Waals surface area (Å²) in [6, 6.07) is 15.5. The van der Waals surface area contributed by atoms with Gasteiger partial charge in [-0.15, -0.1) is 0 Å². The van der Waals surface area contributed by atoms with E-state index in [2.05, 4.69) is 11.0 Å². The Labute approximate surface area is 175 Å². The normalized spacial score (nSPS) is 17.4. The zero-order valence-electron chi connectivity index (χ0n) is 16.0. The summed E-state index contributed by atoms with van der Waals surface area (Å²) in [5.74, 6) is 1.19. The number of nitriles is 1. The maximum absolute atomic E-state index is 12.8. The lowest BCUT2D eigenvalue weighted by Crippen LogP contribution is -2.49. The molecule has 0 spiro atoms. The van der Waals surface area contributed by atoms with E-state index in [9.17, 15) is 10.1 Å². The number of fused-ring (bicyclic) bond motifs is 1. The minimum Gasteiger partial charge on any atom is -0.486 e. The number of benzene rings is 2. The lowest BCUT2D eigenvalue weighted by molar-refractivity contribution is -0.132. The van der Waals surface area contributed by atoms with Crippen LogP contribution in [-0.4, -0.2) is 55.1 Å². The molecule has 7 heteroatoms. The number of carbonyl (C=O) groups excluding carboxylic acids is 1. The number of nitrogens with zero attached hydrogens (tertiary/aromatic N) is 3. The highest BCUT2D eigenvalue weighted by molar-refractivity contribution is 6.32. The number of rotatable bonds is 4. The molecule has 2 aromatic rings. The van der Waals surface area contributed by atoms with Crippen molar-refractivity contribution in [2.45, 2.75) is 12.5 Å². The number of hydrogen-bond acceptors (Lipinski definition) is 5. The number of halogens is 1. The van der Waals surface area contributed by atoms with Crippen LogP contribution >= 0.6 is 11.6 Å². The predicted octanol–water partition coefficient (Wildman–Crippen LogP) is 3.06. The number of hydrogen-bond donors (Lipinski definition) is 0. The van der Waals surface area contributed by atoms with Crippen LogP contribution in [0.3, 0.4) is 0 Å². The first-order chi connectivity index (χ1) is 14.2. The Hall–Kier alpha value is -2.75. The van der Waals surface area contributed by atoms with Gasteiger partial charge in [-0.25, -0.2) is 0 Å². The van der Waals surface area contributed by atoms with E-state index in [1.807, 2.05) is 41.3 Å². The van der Waals surface area contributed by atoms with Gasteiger partial charge in [0.1, 0.15) is 19.3 Å².